The third-order valence-corrected chi connectivity index (χ3v) is 5.43. The number of hydrogen-bond acceptors (Lipinski definition) is 3. The second-order valence-corrected chi connectivity index (χ2v) is 7.55. The van der Waals surface area contributed by atoms with E-state index >= 15 is 0 Å². The molecule has 0 radical (unpaired) electrons. The van der Waals surface area contributed by atoms with Crippen molar-refractivity contribution >= 4 is 35.0 Å². The van der Waals surface area contributed by atoms with Crippen LogP contribution in [0.25, 0.3) is 0 Å². The normalized spacial score (nSPS) is 10.4. The van der Waals surface area contributed by atoms with Gasteiger partial charge in [-0.25, -0.2) is 0 Å². The molecule has 3 aromatic carbocycles. The summed E-state index contributed by atoms with van der Waals surface area (Å²) in [6.45, 7) is 2.07. The van der Waals surface area contributed by atoms with E-state index in [1.807, 2.05) is 78.9 Å². The summed E-state index contributed by atoms with van der Waals surface area (Å²) in [6.07, 6.45) is 0.883. The lowest BCUT2D eigenvalue weighted by Crippen LogP contribution is -2.15. The van der Waals surface area contributed by atoms with Crippen LogP contribution < -0.4 is 10.6 Å². The highest BCUT2D eigenvalue weighted by molar-refractivity contribution is 7.99. The van der Waals surface area contributed by atoms with Gasteiger partial charge < -0.3 is 10.6 Å². The SMILES string of the molecule is CCc1ccccc1NC(=O)CSCc1ccc(C(=O)Nc2ccccc2)cc1. The molecule has 0 aliphatic heterocycles. The number of para-hydroxylation sites is 2. The van der Waals surface area contributed by atoms with Crippen LogP contribution in [0.3, 0.4) is 0 Å². The standard InChI is InChI=1S/C24H24N2O2S/c1-2-19-8-6-7-11-22(19)26-23(27)17-29-16-18-12-14-20(15-13-18)24(28)25-21-9-4-3-5-10-21/h3-15H,2,16-17H2,1H3,(H,25,28)(H,26,27). The lowest BCUT2D eigenvalue weighted by Gasteiger charge is -2.09. The summed E-state index contributed by atoms with van der Waals surface area (Å²) in [5.74, 6) is 0.955. The smallest absolute Gasteiger partial charge is 0.255 e. The van der Waals surface area contributed by atoms with Crippen molar-refractivity contribution in [3.8, 4) is 0 Å². The largest absolute Gasteiger partial charge is 0.325 e. The first kappa shape index (κ1) is 20.7. The van der Waals surface area contributed by atoms with Crippen molar-refractivity contribution in [1.29, 1.82) is 0 Å². The minimum Gasteiger partial charge on any atom is -0.325 e. The van der Waals surface area contributed by atoms with E-state index in [2.05, 4.69) is 17.6 Å². The first-order valence-corrected chi connectivity index (χ1v) is 10.7. The van der Waals surface area contributed by atoms with Crippen LogP contribution in [0.4, 0.5) is 11.4 Å². The Bertz CT molecular complexity index is 956. The highest BCUT2D eigenvalue weighted by atomic mass is 32.2. The van der Waals surface area contributed by atoms with Crippen LogP contribution >= 0.6 is 11.8 Å². The molecule has 0 heterocycles. The number of thioether (sulfide) groups is 1. The van der Waals surface area contributed by atoms with Crippen molar-refractivity contribution in [2.45, 2.75) is 19.1 Å². The molecule has 5 heteroatoms. The van der Waals surface area contributed by atoms with Gasteiger partial charge in [-0.05, 0) is 47.9 Å². The maximum Gasteiger partial charge on any atom is 0.255 e. The monoisotopic (exact) mass is 404 g/mol. The fourth-order valence-corrected chi connectivity index (χ4v) is 3.66. The molecule has 4 nitrogen and oxygen atoms in total. The zero-order valence-electron chi connectivity index (χ0n) is 16.4. The fraction of sp³-hybridized carbons (Fsp3) is 0.167. The Morgan fingerprint density at radius 2 is 1.52 bits per heavy atom. The molecule has 2 N–H and O–H groups in total. The average molecular weight is 405 g/mol. The van der Waals surface area contributed by atoms with Gasteiger partial charge in [0.1, 0.15) is 0 Å². The van der Waals surface area contributed by atoms with Gasteiger partial charge in [0.05, 0.1) is 5.75 Å². The Balaban J connectivity index is 1.46. The lowest BCUT2D eigenvalue weighted by atomic mass is 10.1. The van der Waals surface area contributed by atoms with Crippen molar-refractivity contribution in [3.05, 3.63) is 95.6 Å². The minimum atomic E-state index is -0.135. The van der Waals surface area contributed by atoms with E-state index < -0.39 is 0 Å². The number of aryl methyl sites for hydroxylation is 1. The first-order chi connectivity index (χ1) is 14.2. The predicted octanol–water partition coefficient (Wildman–Crippen LogP) is 5.37. The Morgan fingerprint density at radius 1 is 0.828 bits per heavy atom. The van der Waals surface area contributed by atoms with Crippen molar-refractivity contribution in [3.63, 3.8) is 0 Å². The van der Waals surface area contributed by atoms with Crippen molar-refractivity contribution in [2.24, 2.45) is 0 Å². The van der Waals surface area contributed by atoms with E-state index in [1.54, 1.807) is 11.8 Å². The topological polar surface area (TPSA) is 58.2 Å². The van der Waals surface area contributed by atoms with Gasteiger partial charge in [0, 0.05) is 22.7 Å². The molecule has 148 valence electrons. The molecule has 29 heavy (non-hydrogen) atoms. The molecule has 2 amide bonds. The zero-order chi connectivity index (χ0) is 20.5. The number of hydrogen-bond donors (Lipinski definition) is 2. The summed E-state index contributed by atoms with van der Waals surface area (Å²) in [6, 6.07) is 24.7. The molecule has 0 saturated heterocycles. The van der Waals surface area contributed by atoms with Crippen molar-refractivity contribution < 1.29 is 9.59 Å². The maximum atomic E-state index is 12.3. The van der Waals surface area contributed by atoms with Crippen LogP contribution in [0.5, 0.6) is 0 Å². The van der Waals surface area contributed by atoms with Gasteiger partial charge in [0.15, 0.2) is 0 Å². The van der Waals surface area contributed by atoms with Crippen LogP contribution in [-0.2, 0) is 17.0 Å². The summed E-state index contributed by atoms with van der Waals surface area (Å²) < 4.78 is 0. The summed E-state index contributed by atoms with van der Waals surface area (Å²) in [7, 11) is 0. The summed E-state index contributed by atoms with van der Waals surface area (Å²) >= 11 is 1.55. The molecule has 0 aliphatic carbocycles. The molecule has 0 bridgehead atoms. The molecule has 0 saturated carbocycles. The number of nitrogens with one attached hydrogen (secondary N) is 2. The number of amides is 2. The molecule has 0 unspecified atom stereocenters. The Labute approximate surface area is 175 Å². The zero-order valence-corrected chi connectivity index (χ0v) is 17.2. The average Bonchev–Trinajstić information content (AvgIpc) is 2.75. The number of carbonyl (C=O) groups is 2. The van der Waals surface area contributed by atoms with Gasteiger partial charge in [-0.1, -0.05) is 55.5 Å². The van der Waals surface area contributed by atoms with Gasteiger partial charge in [0.2, 0.25) is 5.91 Å². The van der Waals surface area contributed by atoms with Crippen LogP contribution in [0.2, 0.25) is 0 Å². The van der Waals surface area contributed by atoms with Crippen LogP contribution in [-0.4, -0.2) is 17.6 Å². The van der Waals surface area contributed by atoms with Gasteiger partial charge in [0.25, 0.3) is 5.91 Å². The summed E-state index contributed by atoms with van der Waals surface area (Å²) in [5.41, 5.74) is 4.47. The second kappa shape index (κ2) is 10.5. The molecule has 0 atom stereocenters. The van der Waals surface area contributed by atoms with Gasteiger partial charge >= 0.3 is 0 Å². The van der Waals surface area contributed by atoms with E-state index in [-0.39, 0.29) is 11.8 Å². The molecular formula is C24H24N2O2S. The molecule has 0 spiro atoms. The highest BCUT2D eigenvalue weighted by Gasteiger charge is 2.08. The van der Waals surface area contributed by atoms with Crippen molar-refractivity contribution in [2.75, 3.05) is 16.4 Å². The van der Waals surface area contributed by atoms with E-state index in [0.717, 1.165) is 28.9 Å². The van der Waals surface area contributed by atoms with Crippen LogP contribution in [0.1, 0.15) is 28.4 Å². The third-order valence-electron chi connectivity index (χ3n) is 4.42. The second-order valence-electron chi connectivity index (χ2n) is 6.57. The summed E-state index contributed by atoms with van der Waals surface area (Å²) in [5, 5.41) is 5.85. The lowest BCUT2D eigenvalue weighted by molar-refractivity contribution is -0.113. The highest BCUT2D eigenvalue weighted by Crippen LogP contribution is 2.18. The molecule has 3 aromatic rings. The third kappa shape index (κ3) is 6.22. The molecular weight excluding hydrogens is 380 g/mol. The van der Waals surface area contributed by atoms with E-state index in [4.69, 9.17) is 0 Å². The molecule has 0 aromatic heterocycles. The van der Waals surface area contributed by atoms with Gasteiger partial charge in [-0.2, -0.15) is 0 Å². The Morgan fingerprint density at radius 3 is 2.24 bits per heavy atom. The number of rotatable bonds is 8. The van der Waals surface area contributed by atoms with Gasteiger partial charge in [-0.3, -0.25) is 9.59 Å². The number of carbonyl (C=O) groups excluding carboxylic acids is 2. The quantitative estimate of drug-likeness (QED) is 0.530. The van der Waals surface area contributed by atoms with Crippen molar-refractivity contribution in [1.82, 2.24) is 0 Å². The van der Waals surface area contributed by atoms with E-state index in [1.165, 1.54) is 0 Å². The number of anilines is 2. The Hall–Kier alpha value is -3.05. The fourth-order valence-electron chi connectivity index (χ4n) is 2.88. The summed E-state index contributed by atoms with van der Waals surface area (Å²) in [4.78, 5) is 24.5. The molecule has 0 fully saturated rings. The first-order valence-electron chi connectivity index (χ1n) is 9.56. The predicted molar refractivity (Wildman–Crippen MR) is 121 cm³/mol. The maximum absolute atomic E-state index is 12.3. The molecule has 0 aliphatic rings. The minimum absolute atomic E-state index is 0.00485. The number of benzene rings is 3. The Kier molecular flexibility index (Phi) is 7.47. The van der Waals surface area contributed by atoms with Gasteiger partial charge in [-0.15, -0.1) is 11.8 Å². The molecule has 3 rings (SSSR count). The van der Waals surface area contributed by atoms with E-state index in [9.17, 15) is 9.59 Å². The van der Waals surface area contributed by atoms with Crippen LogP contribution in [0.15, 0.2) is 78.9 Å². The van der Waals surface area contributed by atoms with E-state index in [0.29, 0.717) is 17.1 Å². The van der Waals surface area contributed by atoms with Crippen LogP contribution in [0, 0.1) is 0 Å².